The summed E-state index contributed by atoms with van der Waals surface area (Å²) in [6.45, 7) is -0.412. The Morgan fingerprint density at radius 2 is 1.57 bits per heavy atom. The van der Waals surface area contributed by atoms with E-state index in [-0.39, 0.29) is 28.9 Å². The van der Waals surface area contributed by atoms with Gasteiger partial charge in [0, 0.05) is 6.07 Å². The van der Waals surface area contributed by atoms with Gasteiger partial charge < -0.3 is 13.9 Å². The van der Waals surface area contributed by atoms with Crippen LogP contribution in [0.5, 0.6) is 5.75 Å². The third-order valence-electron chi connectivity index (χ3n) is 5.78. The van der Waals surface area contributed by atoms with Crippen molar-refractivity contribution in [3.05, 3.63) is 113 Å². The van der Waals surface area contributed by atoms with Gasteiger partial charge in [-0.2, -0.15) is 13.2 Å². The maximum atomic E-state index is 14.1. The molecule has 0 aliphatic heterocycles. The van der Waals surface area contributed by atoms with E-state index in [4.69, 9.17) is 13.9 Å². The minimum atomic E-state index is -4.93. The molecule has 0 amide bonds. The molecule has 4 aromatic carbocycles. The smallest absolute Gasteiger partial charge is 0.450 e. The maximum Gasteiger partial charge on any atom is 0.450 e. The van der Waals surface area contributed by atoms with Crippen LogP contribution < -0.4 is 10.2 Å². The Hall–Kier alpha value is -4.59. The highest BCUT2D eigenvalue weighted by Gasteiger charge is 2.39. The number of hydrogen-bond donors (Lipinski definition) is 0. The highest BCUT2D eigenvalue weighted by Crippen LogP contribution is 2.39. The van der Waals surface area contributed by atoms with Gasteiger partial charge in [-0.1, -0.05) is 72.8 Å². The summed E-state index contributed by atoms with van der Waals surface area (Å²) in [5.74, 6) is -2.01. The summed E-state index contributed by atoms with van der Waals surface area (Å²) < 4.78 is 58.1. The molecule has 0 bridgehead atoms. The van der Waals surface area contributed by atoms with E-state index in [1.54, 1.807) is 48.5 Å². The van der Waals surface area contributed by atoms with Crippen molar-refractivity contribution in [1.29, 1.82) is 0 Å². The van der Waals surface area contributed by atoms with Crippen molar-refractivity contribution >= 4 is 27.7 Å². The minimum absolute atomic E-state index is 0.0464. The Morgan fingerprint density at radius 1 is 0.838 bits per heavy atom. The number of halogens is 3. The summed E-state index contributed by atoms with van der Waals surface area (Å²) in [6, 6.07) is 24.6. The lowest BCUT2D eigenvalue weighted by atomic mass is 9.96. The molecule has 0 spiro atoms. The second-order valence-corrected chi connectivity index (χ2v) is 8.25. The van der Waals surface area contributed by atoms with E-state index in [0.29, 0.717) is 10.8 Å². The first-order valence-electron chi connectivity index (χ1n) is 11.3. The number of hydrogen-bond acceptors (Lipinski definition) is 5. The van der Waals surface area contributed by atoms with Gasteiger partial charge >= 0.3 is 12.1 Å². The summed E-state index contributed by atoms with van der Waals surface area (Å²) in [6.07, 6.45) is -4.93. The molecule has 186 valence electrons. The Balaban J connectivity index is 1.47. The summed E-state index contributed by atoms with van der Waals surface area (Å²) in [5, 5.41) is 1.14. The fraction of sp³-hybridized carbons (Fsp3) is 0.103. The van der Waals surface area contributed by atoms with Crippen LogP contribution in [0.25, 0.3) is 32.9 Å². The first kappa shape index (κ1) is 24.1. The quantitative estimate of drug-likeness (QED) is 0.239. The molecule has 37 heavy (non-hydrogen) atoms. The molecule has 1 heterocycles. The van der Waals surface area contributed by atoms with Crippen LogP contribution in [0.2, 0.25) is 0 Å². The largest absolute Gasteiger partial charge is 0.482 e. The van der Waals surface area contributed by atoms with Crippen molar-refractivity contribution in [2.45, 2.75) is 12.8 Å². The van der Waals surface area contributed by atoms with E-state index in [9.17, 15) is 22.8 Å². The van der Waals surface area contributed by atoms with Crippen LogP contribution in [0.1, 0.15) is 11.3 Å². The molecule has 1 aromatic heterocycles. The van der Waals surface area contributed by atoms with Crippen LogP contribution >= 0.6 is 0 Å². The van der Waals surface area contributed by atoms with Gasteiger partial charge in [-0.15, -0.1) is 0 Å². The van der Waals surface area contributed by atoms with E-state index >= 15 is 0 Å². The number of ether oxygens (including phenoxy) is 2. The van der Waals surface area contributed by atoms with Gasteiger partial charge in [0.15, 0.2) is 6.61 Å². The van der Waals surface area contributed by atoms with E-state index in [2.05, 4.69) is 0 Å². The Labute approximate surface area is 208 Å². The predicted octanol–water partition coefficient (Wildman–Crippen LogP) is 6.75. The first-order chi connectivity index (χ1) is 17.8. The molecule has 5 nitrogen and oxygen atoms in total. The van der Waals surface area contributed by atoms with Crippen LogP contribution in [0.15, 0.2) is 100 Å². The number of rotatable bonds is 6. The van der Waals surface area contributed by atoms with Gasteiger partial charge in [-0.25, -0.2) is 4.79 Å². The van der Waals surface area contributed by atoms with Crippen LogP contribution in [-0.4, -0.2) is 12.6 Å². The number of alkyl halides is 3. The lowest BCUT2D eigenvalue weighted by molar-refractivity contribution is -0.152. The molecule has 0 fully saturated rings. The molecule has 5 rings (SSSR count). The molecule has 8 heteroatoms. The molecular weight excluding hydrogens is 485 g/mol. The highest BCUT2D eigenvalue weighted by atomic mass is 19.4. The van der Waals surface area contributed by atoms with Gasteiger partial charge in [0.1, 0.15) is 17.9 Å². The Kier molecular flexibility index (Phi) is 6.40. The zero-order valence-corrected chi connectivity index (χ0v) is 19.2. The molecule has 0 unspecified atom stereocenters. The van der Waals surface area contributed by atoms with Gasteiger partial charge in [-0.3, -0.25) is 4.79 Å². The summed E-state index contributed by atoms with van der Waals surface area (Å²) in [4.78, 5) is 25.4. The SMILES string of the molecule is O=C(COc1ccc2c(=O)c(-c3cccc4ccccc34)c(C(F)(F)F)oc2c1)OCc1ccccc1. The molecule has 0 atom stereocenters. The van der Waals surface area contributed by atoms with Gasteiger partial charge in [0.2, 0.25) is 11.2 Å². The highest BCUT2D eigenvalue weighted by molar-refractivity contribution is 5.98. The molecular formula is C29H19F3O5. The first-order valence-corrected chi connectivity index (χ1v) is 11.3. The van der Waals surface area contributed by atoms with E-state index in [1.165, 1.54) is 18.2 Å². The number of benzene rings is 4. The second-order valence-electron chi connectivity index (χ2n) is 8.25. The molecule has 0 saturated heterocycles. The maximum absolute atomic E-state index is 14.1. The van der Waals surface area contributed by atoms with E-state index < -0.39 is 35.5 Å². The average Bonchev–Trinajstić information content (AvgIpc) is 2.90. The number of esters is 1. The summed E-state index contributed by atoms with van der Waals surface area (Å²) >= 11 is 0. The van der Waals surface area contributed by atoms with Crippen LogP contribution in [0.4, 0.5) is 13.2 Å². The normalized spacial score (nSPS) is 11.5. The predicted molar refractivity (Wildman–Crippen MR) is 132 cm³/mol. The van der Waals surface area contributed by atoms with Gasteiger partial charge in [0.05, 0.1) is 10.9 Å². The minimum Gasteiger partial charge on any atom is -0.482 e. The van der Waals surface area contributed by atoms with Crippen molar-refractivity contribution in [2.75, 3.05) is 6.61 Å². The lowest BCUT2D eigenvalue weighted by Crippen LogP contribution is -2.17. The van der Waals surface area contributed by atoms with E-state index in [0.717, 1.165) is 11.6 Å². The zero-order chi connectivity index (χ0) is 26.0. The molecule has 0 aliphatic rings. The molecule has 0 saturated carbocycles. The van der Waals surface area contributed by atoms with Crippen molar-refractivity contribution in [1.82, 2.24) is 0 Å². The molecule has 0 radical (unpaired) electrons. The Bertz CT molecular complexity index is 1650. The zero-order valence-electron chi connectivity index (χ0n) is 19.2. The van der Waals surface area contributed by atoms with Crippen LogP contribution in [0, 0.1) is 0 Å². The van der Waals surface area contributed by atoms with Gasteiger partial charge in [0.25, 0.3) is 0 Å². The van der Waals surface area contributed by atoms with Crippen LogP contribution in [0.3, 0.4) is 0 Å². The van der Waals surface area contributed by atoms with Crippen molar-refractivity contribution in [3.8, 4) is 16.9 Å². The second kappa shape index (κ2) is 9.81. The summed E-state index contributed by atoms with van der Waals surface area (Å²) in [7, 11) is 0. The van der Waals surface area contributed by atoms with E-state index in [1.807, 2.05) is 18.2 Å². The molecule has 5 aromatic rings. The number of fused-ring (bicyclic) bond motifs is 2. The average molecular weight is 504 g/mol. The van der Waals surface area contributed by atoms with Crippen molar-refractivity contribution in [3.63, 3.8) is 0 Å². The monoisotopic (exact) mass is 504 g/mol. The molecule has 0 aliphatic carbocycles. The van der Waals surface area contributed by atoms with Crippen LogP contribution in [-0.2, 0) is 22.3 Å². The standard InChI is InChI=1S/C29H19F3O5/c30-29(31,32)28-26(22-12-6-10-19-9-4-5-11-21(19)22)27(34)23-14-13-20(15-24(23)37-28)35-17-25(33)36-16-18-7-2-1-3-8-18/h1-15H,16-17H2. The number of carbonyl (C=O) groups is 1. The fourth-order valence-electron chi connectivity index (χ4n) is 4.07. The van der Waals surface area contributed by atoms with Gasteiger partial charge in [-0.05, 0) is 34.0 Å². The third-order valence-corrected chi connectivity index (χ3v) is 5.78. The lowest BCUT2D eigenvalue weighted by Gasteiger charge is -2.15. The van der Waals surface area contributed by atoms with Crippen molar-refractivity contribution < 1.29 is 31.9 Å². The Morgan fingerprint density at radius 3 is 2.35 bits per heavy atom. The third kappa shape index (κ3) is 5.04. The number of carbonyl (C=O) groups excluding carboxylic acids is 1. The fourth-order valence-corrected chi connectivity index (χ4v) is 4.07. The topological polar surface area (TPSA) is 65.7 Å². The van der Waals surface area contributed by atoms with Crippen molar-refractivity contribution in [2.24, 2.45) is 0 Å². The molecule has 0 N–H and O–H groups in total. The summed E-state index contributed by atoms with van der Waals surface area (Å²) in [5.41, 5.74) is -0.766.